The van der Waals surface area contributed by atoms with Crippen LogP contribution in [0.1, 0.15) is 12.7 Å². The molecule has 0 radical (unpaired) electrons. The van der Waals surface area contributed by atoms with Crippen molar-refractivity contribution >= 4 is 27.3 Å². The van der Waals surface area contributed by atoms with Crippen LogP contribution in [0.5, 0.6) is 0 Å². The predicted molar refractivity (Wildman–Crippen MR) is 73.8 cm³/mol. The fourth-order valence-electron chi connectivity index (χ4n) is 1.68. The van der Waals surface area contributed by atoms with E-state index in [2.05, 4.69) is 31.4 Å². The quantitative estimate of drug-likeness (QED) is 0.666. The van der Waals surface area contributed by atoms with Gasteiger partial charge in [0.05, 0.1) is 22.0 Å². The van der Waals surface area contributed by atoms with Crippen LogP contribution in [0.2, 0.25) is 0 Å². The summed E-state index contributed by atoms with van der Waals surface area (Å²) in [6, 6.07) is 2.21. The van der Waals surface area contributed by atoms with Crippen molar-refractivity contribution in [2.24, 2.45) is 0 Å². The number of nitro groups is 1. The molecule has 0 aliphatic rings. The van der Waals surface area contributed by atoms with Crippen LogP contribution in [-0.2, 0) is 13.1 Å². The number of halogens is 2. The van der Waals surface area contributed by atoms with Gasteiger partial charge in [-0.1, -0.05) is 0 Å². The molecular weight excluding hydrogens is 333 g/mol. The van der Waals surface area contributed by atoms with Crippen LogP contribution in [0.4, 0.5) is 15.8 Å². The van der Waals surface area contributed by atoms with E-state index in [1.54, 1.807) is 10.9 Å². The van der Waals surface area contributed by atoms with E-state index in [1.165, 1.54) is 6.07 Å². The van der Waals surface area contributed by atoms with E-state index < -0.39 is 10.7 Å². The molecule has 1 heterocycles. The molecule has 7 nitrogen and oxygen atoms in total. The van der Waals surface area contributed by atoms with E-state index in [0.29, 0.717) is 12.4 Å². The Morgan fingerprint density at radius 3 is 2.95 bits per heavy atom. The lowest BCUT2D eigenvalue weighted by Crippen LogP contribution is -2.09. The molecule has 0 fully saturated rings. The van der Waals surface area contributed by atoms with E-state index in [4.69, 9.17) is 0 Å². The SMILES string of the molecule is CCn1cnnc1CNc1cc(Br)c(F)cc1[N+](=O)[O-]. The molecule has 0 spiro atoms. The molecule has 0 amide bonds. The maximum absolute atomic E-state index is 13.3. The lowest BCUT2D eigenvalue weighted by atomic mass is 10.2. The summed E-state index contributed by atoms with van der Waals surface area (Å²) in [5.41, 5.74) is -0.109. The monoisotopic (exact) mass is 343 g/mol. The normalized spacial score (nSPS) is 10.6. The largest absolute Gasteiger partial charge is 0.372 e. The first kappa shape index (κ1) is 14.4. The minimum absolute atomic E-state index is 0.155. The second kappa shape index (κ2) is 5.95. The van der Waals surface area contributed by atoms with E-state index in [9.17, 15) is 14.5 Å². The number of hydrogen-bond donors (Lipinski definition) is 1. The first-order valence-corrected chi connectivity index (χ1v) is 6.56. The second-order valence-electron chi connectivity index (χ2n) is 3.93. The lowest BCUT2D eigenvalue weighted by Gasteiger charge is -2.08. The van der Waals surface area contributed by atoms with Crippen LogP contribution >= 0.6 is 15.9 Å². The topological polar surface area (TPSA) is 85.9 Å². The Morgan fingerprint density at radius 2 is 2.30 bits per heavy atom. The molecule has 20 heavy (non-hydrogen) atoms. The van der Waals surface area contributed by atoms with Gasteiger partial charge in [0.1, 0.15) is 17.8 Å². The lowest BCUT2D eigenvalue weighted by molar-refractivity contribution is -0.384. The van der Waals surface area contributed by atoms with E-state index in [-0.39, 0.29) is 22.4 Å². The summed E-state index contributed by atoms with van der Waals surface area (Å²) < 4.78 is 15.3. The van der Waals surface area contributed by atoms with Crippen molar-refractivity contribution in [2.75, 3.05) is 5.32 Å². The van der Waals surface area contributed by atoms with Gasteiger partial charge in [0, 0.05) is 6.54 Å². The fraction of sp³-hybridized carbons (Fsp3) is 0.273. The van der Waals surface area contributed by atoms with Gasteiger partial charge in [-0.15, -0.1) is 10.2 Å². The Morgan fingerprint density at radius 1 is 1.55 bits per heavy atom. The highest BCUT2D eigenvalue weighted by atomic mass is 79.9. The Kier molecular flexibility index (Phi) is 4.28. The Balaban J connectivity index is 2.25. The molecule has 106 valence electrons. The van der Waals surface area contributed by atoms with Crippen LogP contribution < -0.4 is 5.32 Å². The van der Waals surface area contributed by atoms with Crippen molar-refractivity contribution in [2.45, 2.75) is 20.0 Å². The summed E-state index contributed by atoms with van der Waals surface area (Å²) in [6.45, 7) is 2.88. The van der Waals surface area contributed by atoms with Crippen molar-refractivity contribution in [3.63, 3.8) is 0 Å². The molecule has 0 aliphatic carbocycles. The third kappa shape index (κ3) is 2.93. The first-order chi connectivity index (χ1) is 9.52. The number of benzene rings is 1. The number of rotatable bonds is 5. The smallest absolute Gasteiger partial charge is 0.295 e. The summed E-state index contributed by atoms with van der Waals surface area (Å²) in [5, 5.41) is 21.5. The zero-order chi connectivity index (χ0) is 14.7. The third-order valence-electron chi connectivity index (χ3n) is 2.71. The number of hydrogen-bond acceptors (Lipinski definition) is 5. The second-order valence-corrected chi connectivity index (χ2v) is 4.78. The highest BCUT2D eigenvalue weighted by Crippen LogP contribution is 2.30. The Bertz CT molecular complexity index is 646. The zero-order valence-corrected chi connectivity index (χ0v) is 12.1. The minimum atomic E-state index is -0.682. The van der Waals surface area contributed by atoms with Crippen molar-refractivity contribution < 1.29 is 9.31 Å². The Labute approximate surface area is 122 Å². The van der Waals surface area contributed by atoms with Gasteiger partial charge in [-0.25, -0.2) is 4.39 Å². The van der Waals surface area contributed by atoms with Gasteiger partial charge in [0.15, 0.2) is 5.82 Å². The molecule has 1 aromatic heterocycles. The molecule has 1 N–H and O–H groups in total. The molecule has 9 heteroatoms. The summed E-state index contributed by atoms with van der Waals surface area (Å²) in [6.07, 6.45) is 1.58. The van der Waals surface area contributed by atoms with Crippen LogP contribution in [0.25, 0.3) is 0 Å². The molecular formula is C11H11BrFN5O2. The molecule has 0 aliphatic heterocycles. The molecule has 0 bridgehead atoms. The van der Waals surface area contributed by atoms with E-state index >= 15 is 0 Å². The number of nitrogens with one attached hydrogen (secondary N) is 1. The summed E-state index contributed by atoms with van der Waals surface area (Å²) in [4.78, 5) is 10.3. The van der Waals surface area contributed by atoms with Crippen molar-refractivity contribution in [3.05, 3.63) is 44.7 Å². The summed E-state index contributed by atoms with van der Waals surface area (Å²) in [5.74, 6) is -0.0405. The third-order valence-corrected chi connectivity index (χ3v) is 3.32. The predicted octanol–water partition coefficient (Wildman–Crippen LogP) is 2.72. The maximum Gasteiger partial charge on any atom is 0.295 e. The standard InChI is InChI=1S/C11H11BrFN5O2/c1-2-17-6-15-16-11(17)5-14-9-3-7(12)8(13)4-10(9)18(19)20/h3-4,6,14H,2,5H2,1H3. The maximum atomic E-state index is 13.3. The average Bonchev–Trinajstić information content (AvgIpc) is 2.86. The Hall–Kier alpha value is -2.03. The molecule has 0 unspecified atom stereocenters. The molecule has 2 rings (SSSR count). The molecule has 2 aromatic rings. The molecule has 1 aromatic carbocycles. The van der Waals surface area contributed by atoms with Crippen LogP contribution in [-0.4, -0.2) is 19.7 Å². The number of anilines is 1. The molecule has 0 atom stereocenters. The van der Waals surface area contributed by atoms with Crippen molar-refractivity contribution in [1.29, 1.82) is 0 Å². The van der Waals surface area contributed by atoms with Gasteiger partial charge in [-0.2, -0.15) is 0 Å². The van der Waals surface area contributed by atoms with Gasteiger partial charge in [0.2, 0.25) is 0 Å². The number of nitrogens with zero attached hydrogens (tertiary/aromatic N) is 4. The van der Waals surface area contributed by atoms with Crippen LogP contribution in [0.3, 0.4) is 0 Å². The molecule has 0 saturated heterocycles. The van der Waals surface area contributed by atoms with E-state index in [1.807, 2.05) is 6.92 Å². The van der Waals surface area contributed by atoms with Crippen LogP contribution in [0, 0.1) is 15.9 Å². The van der Waals surface area contributed by atoms with Gasteiger partial charge >= 0.3 is 0 Å². The summed E-state index contributed by atoms with van der Waals surface area (Å²) >= 11 is 3.01. The highest BCUT2D eigenvalue weighted by Gasteiger charge is 2.18. The van der Waals surface area contributed by atoms with Gasteiger partial charge < -0.3 is 9.88 Å². The fourth-order valence-corrected chi connectivity index (χ4v) is 2.03. The van der Waals surface area contributed by atoms with Crippen molar-refractivity contribution in [1.82, 2.24) is 14.8 Å². The van der Waals surface area contributed by atoms with Crippen molar-refractivity contribution in [3.8, 4) is 0 Å². The van der Waals surface area contributed by atoms with E-state index in [0.717, 1.165) is 6.07 Å². The van der Waals surface area contributed by atoms with Gasteiger partial charge in [0.25, 0.3) is 5.69 Å². The minimum Gasteiger partial charge on any atom is -0.372 e. The number of aryl methyl sites for hydroxylation is 1. The average molecular weight is 344 g/mol. The van der Waals surface area contributed by atoms with Gasteiger partial charge in [-0.05, 0) is 28.9 Å². The zero-order valence-electron chi connectivity index (χ0n) is 10.5. The van der Waals surface area contributed by atoms with Crippen LogP contribution in [0.15, 0.2) is 22.9 Å². The first-order valence-electron chi connectivity index (χ1n) is 5.77. The summed E-state index contributed by atoms with van der Waals surface area (Å²) in [7, 11) is 0. The number of nitro benzene ring substituents is 1. The molecule has 0 saturated carbocycles. The highest BCUT2D eigenvalue weighted by molar-refractivity contribution is 9.10. The van der Waals surface area contributed by atoms with Gasteiger partial charge in [-0.3, -0.25) is 10.1 Å². The number of aromatic nitrogens is 3.